The van der Waals surface area contributed by atoms with Gasteiger partial charge in [0.1, 0.15) is 16.8 Å². The summed E-state index contributed by atoms with van der Waals surface area (Å²) < 4.78 is 6.16. The molecule has 1 saturated heterocycles. The van der Waals surface area contributed by atoms with Crippen molar-refractivity contribution in [1.29, 1.82) is 0 Å². The van der Waals surface area contributed by atoms with Crippen molar-refractivity contribution in [2.75, 3.05) is 19.7 Å². The van der Waals surface area contributed by atoms with Crippen LogP contribution in [0.3, 0.4) is 0 Å². The molecule has 4 heterocycles. The third-order valence-electron chi connectivity index (χ3n) is 5.48. The summed E-state index contributed by atoms with van der Waals surface area (Å²) in [6.07, 6.45) is 3.54. The highest BCUT2D eigenvalue weighted by molar-refractivity contribution is 7.14. The standard InChI is InChI=1S/C19H21N3O4S/c1-11-15(12(2)21-10-20-11)17(23)22-6-4-19(5-7-22)16-13(3-8-26-19)9-14(27-16)18(24)25/h9-10H,3-8H2,1-2H3,(H,24,25). The van der Waals surface area contributed by atoms with Crippen molar-refractivity contribution in [2.45, 2.75) is 38.7 Å². The molecule has 1 fully saturated rings. The molecule has 27 heavy (non-hydrogen) atoms. The third kappa shape index (κ3) is 3.02. The number of carboxylic acid groups (broad SMARTS) is 1. The molecule has 2 aromatic rings. The van der Waals surface area contributed by atoms with Gasteiger partial charge in [0, 0.05) is 18.0 Å². The van der Waals surface area contributed by atoms with Gasteiger partial charge < -0.3 is 14.7 Å². The molecule has 0 atom stereocenters. The van der Waals surface area contributed by atoms with E-state index in [1.165, 1.54) is 17.7 Å². The third-order valence-corrected chi connectivity index (χ3v) is 6.83. The van der Waals surface area contributed by atoms with Crippen LogP contribution in [-0.4, -0.2) is 51.5 Å². The van der Waals surface area contributed by atoms with Crippen LogP contribution in [0.1, 0.15) is 54.7 Å². The van der Waals surface area contributed by atoms with E-state index < -0.39 is 11.6 Å². The Bertz CT molecular complexity index is 895. The fourth-order valence-electron chi connectivity index (χ4n) is 4.03. The lowest BCUT2D eigenvalue weighted by Gasteiger charge is -2.43. The summed E-state index contributed by atoms with van der Waals surface area (Å²) in [4.78, 5) is 35.8. The maximum Gasteiger partial charge on any atom is 0.345 e. The molecular formula is C19H21N3O4S. The van der Waals surface area contributed by atoms with Crippen LogP contribution in [0.2, 0.25) is 0 Å². The lowest BCUT2D eigenvalue weighted by Crippen LogP contribution is -2.48. The van der Waals surface area contributed by atoms with Crippen molar-refractivity contribution in [2.24, 2.45) is 0 Å². The molecule has 2 aliphatic heterocycles. The Morgan fingerprint density at radius 2 is 1.89 bits per heavy atom. The molecule has 142 valence electrons. The fourth-order valence-corrected chi connectivity index (χ4v) is 5.28. The number of carboxylic acids is 1. The molecule has 1 spiro atoms. The van der Waals surface area contributed by atoms with Crippen LogP contribution in [0.4, 0.5) is 0 Å². The quantitative estimate of drug-likeness (QED) is 0.851. The molecule has 8 heteroatoms. The van der Waals surface area contributed by atoms with Gasteiger partial charge in [0.05, 0.1) is 23.6 Å². The normalized spacial score (nSPS) is 18.4. The highest BCUT2D eigenvalue weighted by Gasteiger charge is 2.43. The maximum absolute atomic E-state index is 13.0. The Morgan fingerprint density at radius 1 is 1.22 bits per heavy atom. The van der Waals surface area contributed by atoms with E-state index in [0.717, 1.165) is 16.9 Å². The summed E-state index contributed by atoms with van der Waals surface area (Å²) in [5.74, 6) is -0.943. The summed E-state index contributed by atoms with van der Waals surface area (Å²) in [6, 6.07) is 1.78. The average Bonchev–Trinajstić information content (AvgIpc) is 3.08. The molecule has 1 amide bonds. The molecule has 4 rings (SSSR count). The summed E-state index contributed by atoms with van der Waals surface area (Å²) in [7, 11) is 0. The minimum Gasteiger partial charge on any atom is -0.477 e. The fraction of sp³-hybridized carbons (Fsp3) is 0.474. The zero-order valence-electron chi connectivity index (χ0n) is 15.3. The number of aryl methyl sites for hydroxylation is 2. The highest BCUT2D eigenvalue weighted by Crippen LogP contribution is 2.45. The second-order valence-corrected chi connectivity index (χ2v) is 8.13. The minimum atomic E-state index is -0.896. The zero-order chi connectivity index (χ0) is 19.2. The Labute approximate surface area is 161 Å². The van der Waals surface area contributed by atoms with E-state index in [2.05, 4.69) is 9.97 Å². The number of carbonyl (C=O) groups is 2. The van der Waals surface area contributed by atoms with Crippen LogP contribution in [0.25, 0.3) is 0 Å². The number of hydrogen-bond donors (Lipinski definition) is 1. The molecule has 2 aromatic heterocycles. The SMILES string of the molecule is Cc1ncnc(C)c1C(=O)N1CCC2(CC1)OCCc1cc(C(=O)O)sc12. The zero-order valence-corrected chi connectivity index (χ0v) is 16.1. The summed E-state index contributed by atoms with van der Waals surface area (Å²) in [5, 5.41) is 9.32. The van der Waals surface area contributed by atoms with Gasteiger partial charge in [-0.3, -0.25) is 4.79 Å². The van der Waals surface area contributed by atoms with Gasteiger partial charge in [-0.2, -0.15) is 0 Å². The Morgan fingerprint density at radius 3 is 2.52 bits per heavy atom. The number of likely N-dealkylation sites (tertiary alicyclic amines) is 1. The van der Waals surface area contributed by atoms with E-state index >= 15 is 0 Å². The first-order valence-electron chi connectivity index (χ1n) is 8.99. The number of fused-ring (bicyclic) bond motifs is 2. The van der Waals surface area contributed by atoms with Crippen molar-refractivity contribution in [1.82, 2.24) is 14.9 Å². The largest absolute Gasteiger partial charge is 0.477 e. The first kappa shape index (κ1) is 18.1. The first-order chi connectivity index (χ1) is 12.9. The van der Waals surface area contributed by atoms with Crippen LogP contribution in [0.5, 0.6) is 0 Å². The van der Waals surface area contributed by atoms with Crippen molar-refractivity contribution >= 4 is 23.2 Å². The molecule has 0 aliphatic carbocycles. The summed E-state index contributed by atoms with van der Waals surface area (Å²) in [6.45, 7) is 5.35. The maximum atomic E-state index is 13.0. The number of piperidine rings is 1. The van der Waals surface area contributed by atoms with E-state index in [0.29, 0.717) is 54.4 Å². The van der Waals surface area contributed by atoms with Crippen LogP contribution >= 0.6 is 11.3 Å². The van der Waals surface area contributed by atoms with Gasteiger partial charge in [-0.1, -0.05) is 0 Å². The van der Waals surface area contributed by atoms with Gasteiger partial charge in [0.25, 0.3) is 5.91 Å². The lowest BCUT2D eigenvalue weighted by atomic mass is 9.85. The van der Waals surface area contributed by atoms with Crippen LogP contribution in [0, 0.1) is 13.8 Å². The van der Waals surface area contributed by atoms with Gasteiger partial charge in [0.2, 0.25) is 0 Å². The Balaban J connectivity index is 1.56. The summed E-state index contributed by atoms with van der Waals surface area (Å²) in [5.41, 5.74) is 2.55. The van der Waals surface area contributed by atoms with Gasteiger partial charge in [-0.25, -0.2) is 14.8 Å². The molecule has 2 aliphatic rings. The minimum absolute atomic E-state index is 0.0473. The molecule has 1 N–H and O–H groups in total. The van der Waals surface area contributed by atoms with Gasteiger partial charge in [-0.05, 0) is 44.7 Å². The number of aromatic carboxylic acids is 1. The first-order valence-corrected chi connectivity index (χ1v) is 9.81. The number of carbonyl (C=O) groups excluding carboxylic acids is 1. The molecular weight excluding hydrogens is 366 g/mol. The topological polar surface area (TPSA) is 92.6 Å². The predicted octanol–water partition coefficient (Wildman–Crippen LogP) is 2.56. The number of hydrogen-bond acceptors (Lipinski definition) is 6. The Kier molecular flexibility index (Phi) is 4.47. The number of amides is 1. The second-order valence-electron chi connectivity index (χ2n) is 7.07. The number of aromatic nitrogens is 2. The number of nitrogens with zero attached hydrogens (tertiary/aromatic N) is 3. The van der Waals surface area contributed by atoms with Crippen LogP contribution < -0.4 is 0 Å². The molecule has 0 bridgehead atoms. The van der Waals surface area contributed by atoms with Crippen molar-refractivity contribution in [3.05, 3.63) is 44.7 Å². The van der Waals surface area contributed by atoms with E-state index in [1.807, 2.05) is 18.7 Å². The number of ether oxygens (including phenoxy) is 1. The highest BCUT2D eigenvalue weighted by atomic mass is 32.1. The predicted molar refractivity (Wildman–Crippen MR) is 99.3 cm³/mol. The molecule has 7 nitrogen and oxygen atoms in total. The molecule has 0 aromatic carbocycles. The van der Waals surface area contributed by atoms with E-state index in [9.17, 15) is 14.7 Å². The lowest BCUT2D eigenvalue weighted by molar-refractivity contribution is -0.0906. The smallest absolute Gasteiger partial charge is 0.345 e. The van der Waals surface area contributed by atoms with Crippen molar-refractivity contribution in [3.8, 4) is 0 Å². The van der Waals surface area contributed by atoms with Gasteiger partial charge in [0.15, 0.2) is 0 Å². The van der Waals surface area contributed by atoms with Gasteiger partial charge in [-0.15, -0.1) is 11.3 Å². The monoisotopic (exact) mass is 387 g/mol. The van der Waals surface area contributed by atoms with E-state index in [1.54, 1.807) is 6.07 Å². The van der Waals surface area contributed by atoms with Crippen LogP contribution in [0.15, 0.2) is 12.4 Å². The van der Waals surface area contributed by atoms with E-state index in [-0.39, 0.29) is 5.91 Å². The van der Waals surface area contributed by atoms with Crippen molar-refractivity contribution in [3.63, 3.8) is 0 Å². The van der Waals surface area contributed by atoms with E-state index in [4.69, 9.17) is 4.74 Å². The van der Waals surface area contributed by atoms with Gasteiger partial charge >= 0.3 is 5.97 Å². The molecule has 0 radical (unpaired) electrons. The number of thiophene rings is 1. The second kappa shape index (κ2) is 6.69. The van der Waals surface area contributed by atoms with Crippen molar-refractivity contribution < 1.29 is 19.4 Å². The number of rotatable bonds is 2. The molecule has 0 saturated carbocycles. The molecule has 0 unspecified atom stereocenters. The van der Waals surface area contributed by atoms with Crippen LogP contribution in [-0.2, 0) is 16.8 Å². The average molecular weight is 387 g/mol. The summed E-state index contributed by atoms with van der Waals surface area (Å²) >= 11 is 1.31. The Hall–Kier alpha value is -2.32.